The van der Waals surface area contributed by atoms with Gasteiger partial charge >= 0.3 is 6.18 Å². The van der Waals surface area contributed by atoms with E-state index in [1.165, 1.54) is 12.1 Å². The summed E-state index contributed by atoms with van der Waals surface area (Å²) in [5.41, 5.74) is 10.6. The highest BCUT2D eigenvalue weighted by Crippen LogP contribution is 2.32. The molecule has 1 unspecified atom stereocenters. The van der Waals surface area contributed by atoms with Crippen molar-refractivity contribution in [1.29, 1.82) is 0 Å². The molecule has 1 rings (SSSR count). The minimum absolute atomic E-state index is 0.205. The van der Waals surface area contributed by atoms with Crippen molar-refractivity contribution in [2.24, 2.45) is 11.5 Å². The van der Waals surface area contributed by atoms with E-state index in [0.717, 1.165) is 0 Å². The molecule has 116 valence electrons. The number of rotatable bonds is 6. The molecule has 0 spiro atoms. The standard InChI is InChI=1S/C12H14F3N3O2S/c13-12(14,15)6-21-9-4-2-1-3-8(9)18-11(20)7(16)5-10(17)19/h1-4,7H,5-6,16H2,(H2,17,19)(H,18,20). The zero-order valence-corrected chi connectivity index (χ0v) is 11.6. The molecule has 0 radical (unpaired) electrons. The van der Waals surface area contributed by atoms with E-state index >= 15 is 0 Å². The first-order chi connectivity index (χ1) is 9.69. The predicted octanol–water partition coefficient (Wildman–Crippen LogP) is 1.48. The molecule has 2 amide bonds. The van der Waals surface area contributed by atoms with Gasteiger partial charge in [-0.3, -0.25) is 9.59 Å². The van der Waals surface area contributed by atoms with E-state index in [1.54, 1.807) is 12.1 Å². The summed E-state index contributed by atoms with van der Waals surface area (Å²) in [6, 6.07) is 4.87. The fourth-order valence-electron chi connectivity index (χ4n) is 1.39. The number of anilines is 1. The maximum absolute atomic E-state index is 12.2. The Kier molecular flexibility index (Phi) is 6.03. The second kappa shape index (κ2) is 7.32. The predicted molar refractivity (Wildman–Crippen MR) is 73.6 cm³/mol. The lowest BCUT2D eigenvalue weighted by molar-refractivity contribution is -0.123. The average Bonchev–Trinajstić information content (AvgIpc) is 2.35. The summed E-state index contributed by atoms with van der Waals surface area (Å²) in [5, 5.41) is 2.39. The smallest absolute Gasteiger partial charge is 0.370 e. The van der Waals surface area contributed by atoms with Crippen LogP contribution in [0.1, 0.15) is 6.42 Å². The number of hydrogen-bond acceptors (Lipinski definition) is 4. The molecule has 1 aromatic carbocycles. The first-order valence-electron chi connectivity index (χ1n) is 5.82. The van der Waals surface area contributed by atoms with Gasteiger partial charge in [-0.1, -0.05) is 12.1 Å². The van der Waals surface area contributed by atoms with E-state index in [-0.39, 0.29) is 17.0 Å². The Labute approximate surface area is 123 Å². The molecule has 1 atom stereocenters. The van der Waals surface area contributed by atoms with Crippen LogP contribution in [0.4, 0.5) is 18.9 Å². The zero-order valence-electron chi connectivity index (χ0n) is 10.8. The highest BCUT2D eigenvalue weighted by molar-refractivity contribution is 7.99. The zero-order chi connectivity index (χ0) is 16.0. The van der Waals surface area contributed by atoms with Crippen molar-refractivity contribution in [3.63, 3.8) is 0 Å². The number of benzene rings is 1. The van der Waals surface area contributed by atoms with Crippen LogP contribution < -0.4 is 16.8 Å². The molecule has 0 heterocycles. The van der Waals surface area contributed by atoms with Crippen LogP contribution in [0.25, 0.3) is 0 Å². The van der Waals surface area contributed by atoms with Gasteiger partial charge in [0.1, 0.15) is 0 Å². The third-order valence-electron chi connectivity index (χ3n) is 2.29. The van der Waals surface area contributed by atoms with Crippen molar-refractivity contribution < 1.29 is 22.8 Å². The highest BCUT2D eigenvalue weighted by Gasteiger charge is 2.28. The maximum Gasteiger partial charge on any atom is 0.398 e. The number of nitrogens with two attached hydrogens (primary N) is 2. The average molecular weight is 321 g/mol. The number of primary amides is 1. The summed E-state index contributed by atoms with van der Waals surface area (Å²) in [4.78, 5) is 22.7. The lowest BCUT2D eigenvalue weighted by atomic mass is 10.2. The fourth-order valence-corrected chi connectivity index (χ4v) is 2.16. The van der Waals surface area contributed by atoms with Crippen LogP contribution in [0.2, 0.25) is 0 Å². The second-order valence-corrected chi connectivity index (χ2v) is 5.18. The molecule has 0 bridgehead atoms. The van der Waals surface area contributed by atoms with Gasteiger partial charge in [-0.25, -0.2) is 0 Å². The van der Waals surface area contributed by atoms with Crippen molar-refractivity contribution in [2.75, 3.05) is 11.1 Å². The van der Waals surface area contributed by atoms with Crippen molar-refractivity contribution in [3.05, 3.63) is 24.3 Å². The van der Waals surface area contributed by atoms with Crippen LogP contribution in [0.15, 0.2) is 29.2 Å². The third kappa shape index (κ3) is 6.50. The molecule has 0 fully saturated rings. The van der Waals surface area contributed by atoms with Crippen molar-refractivity contribution >= 4 is 29.3 Å². The van der Waals surface area contributed by atoms with Gasteiger partial charge in [-0.2, -0.15) is 13.2 Å². The van der Waals surface area contributed by atoms with Crippen LogP contribution in [-0.2, 0) is 9.59 Å². The van der Waals surface area contributed by atoms with E-state index in [0.29, 0.717) is 11.8 Å². The summed E-state index contributed by atoms with van der Waals surface area (Å²) in [6.07, 6.45) is -4.66. The fraction of sp³-hybridized carbons (Fsp3) is 0.333. The van der Waals surface area contributed by atoms with Gasteiger partial charge in [0.25, 0.3) is 0 Å². The van der Waals surface area contributed by atoms with Gasteiger partial charge in [0, 0.05) is 4.90 Å². The lowest BCUT2D eigenvalue weighted by Gasteiger charge is -2.14. The van der Waals surface area contributed by atoms with Crippen molar-refractivity contribution in [3.8, 4) is 0 Å². The van der Waals surface area contributed by atoms with Gasteiger partial charge < -0.3 is 16.8 Å². The number of halogens is 3. The number of carbonyl (C=O) groups is 2. The van der Waals surface area contributed by atoms with E-state index < -0.39 is 29.8 Å². The molecular formula is C12H14F3N3O2S. The highest BCUT2D eigenvalue weighted by atomic mass is 32.2. The molecular weight excluding hydrogens is 307 g/mol. The first-order valence-corrected chi connectivity index (χ1v) is 6.81. The van der Waals surface area contributed by atoms with Gasteiger partial charge in [0.2, 0.25) is 11.8 Å². The lowest BCUT2D eigenvalue weighted by Crippen LogP contribution is -2.39. The number of carbonyl (C=O) groups excluding carboxylic acids is 2. The molecule has 5 nitrogen and oxygen atoms in total. The third-order valence-corrected chi connectivity index (χ3v) is 3.43. The Morgan fingerprint density at radius 2 is 1.90 bits per heavy atom. The van der Waals surface area contributed by atoms with Gasteiger partial charge in [-0.05, 0) is 12.1 Å². The molecule has 5 N–H and O–H groups in total. The molecule has 0 aromatic heterocycles. The van der Waals surface area contributed by atoms with Crippen LogP contribution in [0.3, 0.4) is 0 Å². The monoisotopic (exact) mass is 321 g/mol. The summed E-state index contributed by atoms with van der Waals surface area (Å²) >= 11 is 0.549. The molecule has 0 aliphatic heterocycles. The minimum Gasteiger partial charge on any atom is -0.370 e. The molecule has 1 aromatic rings. The number of nitrogens with one attached hydrogen (secondary N) is 1. The van der Waals surface area contributed by atoms with Crippen molar-refractivity contribution in [1.82, 2.24) is 0 Å². The van der Waals surface area contributed by atoms with Crippen LogP contribution in [-0.4, -0.2) is 29.8 Å². The normalized spacial score (nSPS) is 12.8. The quantitative estimate of drug-likeness (QED) is 0.691. The van der Waals surface area contributed by atoms with Gasteiger partial charge in [-0.15, -0.1) is 11.8 Å². The minimum atomic E-state index is -4.32. The molecule has 21 heavy (non-hydrogen) atoms. The number of hydrogen-bond donors (Lipinski definition) is 3. The van der Waals surface area contributed by atoms with Gasteiger partial charge in [0.05, 0.1) is 23.9 Å². The summed E-state index contributed by atoms with van der Waals surface area (Å²) < 4.78 is 36.7. The molecule has 0 aliphatic rings. The summed E-state index contributed by atoms with van der Waals surface area (Å²) in [6.45, 7) is 0. The van der Waals surface area contributed by atoms with E-state index in [9.17, 15) is 22.8 Å². The van der Waals surface area contributed by atoms with E-state index in [2.05, 4.69) is 5.32 Å². The number of para-hydroxylation sites is 1. The Bertz CT molecular complexity index is 523. The van der Waals surface area contributed by atoms with E-state index in [4.69, 9.17) is 11.5 Å². The molecule has 0 saturated carbocycles. The molecule has 9 heteroatoms. The Hall–Kier alpha value is -1.74. The Balaban J connectivity index is 2.74. The Morgan fingerprint density at radius 1 is 1.29 bits per heavy atom. The number of alkyl halides is 3. The van der Waals surface area contributed by atoms with Crippen LogP contribution in [0.5, 0.6) is 0 Å². The molecule has 0 saturated heterocycles. The largest absolute Gasteiger partial charge is 0.398 e. The van der Waals surface area contributed by atoms with Crippen LogP contribution in [0, 0.1) is 0 Å². The topological polar surface area (TPSA) is 98.2 Å². The number of thioether (sulfide) groups is 1. The van der Waals surface area contributed by atoms with E-state index in [1.807, 2.05) is 0 Å². The van der Waals surface area contributed by atoms with Gasteiger partial charge in [0.15, 0.2) is 0 Å². The first kappa shape index (κ1) is 17.3. The van der Waals surface area contributed by atoms with Crippen LogP contribution >= 0.6 is 11.8 Å². The SMILES string of the molecule is NC(=O)CC(N)C(=O)Nc1ccccc1SCC(F)(F)F. The second-order valence-electron chi connectivity index (χ2n) is 4.17. The van der Waals surface area contributed by atoms with Crippen molar-refractivity contribution in [2.45, 2.75) is 23.5 Å². The maximum atomic E-state index is 12.2. The molecule has 0 aliphatic carbocycles. The summed E-state index contributed by atoms with van der Waals surface area (Å²) in [7, 11) is 0. The summed E-state index contributed by atoms with van der Waals surface area (Å²) in [5.74, 6) is -2.50. The Morgan fingerprint density at radius 3 is 2.48 bits per heavy atom. The number of amides is 2.